The topological polar surface area (TPSA) is 71.3 Å². The summed E-state index contributed by atoms with van der Waals surface area (Å²) in [5.41, 5.74) is 0. The van der Waals surface area contributed by atoms with E-state index in [4.69, 9.17) is 4.42 Å². The van der Waals surface area contributed by atoms with Crippen molar-refractivity contribution >= 4 is 21.8 Å². The third-order valence-electron chi connectivity index (χ3n) is 3.16. The standard InChI is InChI=1S/C11H18N2O3S2/c1-12-18(14,15)10-4-3-9(16-10)7-13-8-11(17-2)5-6-11/h3-4,12-13H,5-8H2,1-2H3. The fraction of sp³-hybridized carbons (Fsp3) is 0.636. The fourth-order valence-corrected chi connectivity index (χ4v) is 3.13. The van der Waals surface area contributed by atoms with E-state index < -0.39 is 10.0 Å². The lowest BCUT2D eigenvalue weighted by Gasteiger charge is -2.11. The highest BCUT2D eigenvalue weighted by molar-refractivity contribution is 8.00. The van der Waals surface area contributed by atoms with Crippen LogP contribution in [0.2, 0.25) is 0 Å². The highest BCUT2D eigenvalue weighted by atomic mass is 32.2. The molecule has 1 aromatic rings. The normalized spacial score (nSPS) is 17.9. The second kappa shape index (κ2) is 5.24. The molecule has 1 saturated carbocycles. The number of hydrogen-bond acceptors (Lipinski definition) is 5. The van der Waals surface area contributed by atoms with Gasteiger partial charge < -0.3 is 9.73 Å². The van der Waals surface area contributed by atoms with Crippen molar-refractivity contribution in [1.29, 1.82) is 0 Å². The highest BCUT2D eigenvalue weighted by Crippen LogP contribution is 2.46. The Hall–Kier alpha value is -0.500. The van der Waals surface area contributed by atoms with Gasteiger partial charge in [-0.1, -0.05) is 0 Å². The fourth-order valence-electron chi connectivity index (χ4n) is 1.70. The number of nitrogens with one attached hydrogen (secondary N) is 2. The van der Waals surface area contributed by atoms with Crippen molar-refractivity contribution < 1.29 is 12.8 Å². The van der Waals surface area contributed by atoms with Crippen LogP contribution in [0.25, 0.3) is 0 Å². The molecule has 5 nitrogen and oxygen atoms in total. The maximum Gasteiger partial charge on any atom is 0.273 e. The number of hydrogen-bond donors (Lipinski definition) is 2. The summed E-state index contributed by atoms with van der Waals surface area (Å²) in [6, 6.07) is 3.17. The summed E-state index contributed by atoms with van der Waals surface area (Å²) in [5, 5.41) is 3.27. The van der Waals surface area contributed by atoms with Crippen molar-refractivity contribution in [3.63, 3.8) is 0 Å². The Kier molecular flexibility index (Phi) is 4.05. The quantitative estimate of drug-likeness (QED) is 0.789. The van der Waals surface area contributed by atoms with Crippen LogP contribution in [-0.4, -0.2) is 33.0 Å². The van der Waals surface area contributed by atoms with Crippen LogP contribution in [0, 0.1) is 0 Å². The van der Waals surface area contributed by atoms with E-state index in [1.807, 2.05) is 11.8 Å². The summed E-state index contributed by atoms with van der Waals surface area (Å²) in [5.74, 6) is 0.640. The van der Waals surface area contributed by atoms with E-state index in [-0.39, 0.29) is 5.09 Å². The van der Waals surface area contributed by atoms with Gasteiger partial charge in [-0.05, 0) is 38.3 Å². The molecule has 0 amide bonds. The van der Waals surface area contributed by atoms with Crippen molar-refractivity contribution in [1.82, 2.24) is 10.0 Å². The van der Waals surface area contributed by atoms with Gasteiger partial charge in [0.15, 0.2) is 0 Å². The molecule has 1 aromatic heterocycles. The average Bonchev–Trinajstić information content (AvgIpc) is 2.98. The van der Waals surface area contributed by atoms with E-state index in [1.165, 1.54) is 26.0 Å². The Morgan fingerprint density at radius 3 is 2.72 bits per heavy atom. The molecule has 0 aromatic carbocycles. The molecule has 0 spiro atoms. The Balaban J connectivity index is 1.88. The van der Waals surface area contributed by atoms with Crippen molar-refractivity contribution in [3.8, 4) is 0 Å². The van der Waals surface area contributed by atoms with Gasteiger partial charge in [0.1, 0.15) is 5.76 Å². The van der Waals surface area contributed by atoms with Crippen LogP contribution in [0.4, 0.5) is 0 Å². The van der Waals surface area contributed by atoms with E-state index in [2.05, 4.69) is 16.3 Å². The van der Waals surface area contributed by atoms with Crippen LogP contribution in [-0.2, 0) is 16.6 Å². The van der Waals surface area contributed by atoms with Gasteiger partial charge in [-0.3, -0.25) is 0 Å². The molecular formula is C11H18N2O3S2. The van der Waals surface area contributed by atoms with Gasteiger partial charge >= 0.3 is 0 Å². The van der Waals surface area contributed by atoms with Crippen molar-refractivity contribution in [2.24, 2.45) is 0 Å². The minimum Gasteiger partial charge on any atom is -0.447 e. The van der Waals surface area contributed by atoms with Gasteiger partial charge in [-0.25, -0.2) is 13.1 Å². The van der Waals surface area contributed by atoms with Crippen LogP contribution in [0.5, 0.6) is 0 Å². The monoisotopic (exact) mass is 290 g/mol. The zero-order valence-electron chi connectivity index (χ0n) is 10.5. The first-order chi connectivity index (χ1) is 8.51. The lowest BCUT2D eigenvalue weighted by Crippen LogP contribution is -2.25. The third-order valence-corrected chi connectivity index (χ3v) is 5.86. The first-order valence-electron chi connectivity index (χ1n) is 5.79. The minimum absolute atomic E-state index is 0.0344. The zero-order valence-corrected chi connectivity index (χ0v) is 12.2. The van der Waals surface area contributed by atoms with Crippen molar-refractivity contribution in [3.05, 3.63) is 17.9 Å². The summed E-state index contributed by atoms with van der Waals surface area (Å²) in [4.78, 5) is 0. The van der Waals surface area contributed by atoms with Crippen LogP contribution >= 0.6 is 11.8 Å². The maximum atomic E-state index is 11.5. The van der Waals surface area contributed by atoms with Gasteiger partial charge in [0.05, 0.1) is 6.54 Å². The molecule has 1 heterocycles. The predicted octanol–water partition coefficient (Wildman–Crippen LogP) is 1.17. The first kappa shape index (κ1) is 13.9. The molecule has 0 saturated heterocycles. The van der Waals surface area contributed by atoms with Crippen LogP contribution in [0.3, 0.4) is 0 Å². The van der Waals surface area contributed by atoms with Gasteiger partial charge in [-0.2, -0.15) is 11.8 Å². The molecule has 0 bridgehead atoms. The molecule has 102 valence electrons. The summed E-state index contributed by atoms with van der Waals surface area (Å²) in [7, 11) is -2.11. The Morgan fingerprint density at radius 2 is 2.17 bits per heavy atom. The first-order valence-corrected chi connectivity index (χ1v) is 8.50. The largest absolute Gasteiger partial charge is 0.447 e. The number of sulfonamides is 1. The predicted molar refractivity (Wildman–Crippen MR) is 72.1 cm³/mol. The van der Waals surface area contributed by atoms with Gasteiger partial charge in [-0.15, -0.1) is 0 Å². The highest BCUT2D eigenvalue weighted by Gasteiger charge is 2.41. The molecule has 0 unspecified atom stereocenters. The summed E-state index contributed by atoms with van der Waals surface area (Å²) in [6.45, 7) is 1.49. The zero-order chi connectivity index (χ0) is 13.2. The summed E-state index contributed by atoms with van der Waals surface area (Å²) >= 11 is 1.89. The number of furan rings is 1. The second-order valence-electron chi connectivity index (χ2n) is 4.42. The van der Waals surface area contributed by atoms with E-state index in [1.54, 1.807) is 6.07 Å². The van der Waals surface area contributed by atoms with Crippen LogP contribution in [0.1, 0.15) is 18.6 Å². The molecule has 0 aliphatic heterocycles. The Bertz CT molecular complexity index is 506. The maximum absolute atomic E-state index is 11.5. The molecule has 2 rings (SSSR count). The molecule has 1 aliphatic rings. The SMILES string of the molecule is CNS(=O)(=O)c1ccc(CNCC2(SC)CC2)o1. The van der Waals surface area contributed by atoms with Crippen LogP contribution in [0.15, 0.2) is 21.6 Å². The van der Waals surface area contributed by atoms with Gasteiger partial charge in [0.2, 0.25) is 5.09 Å². The lowest BCUT2D eigenvalue weighted by molar-refractivity contribution is 0.400. The molecule has 18 heavy (non-hydrogen) atoms. The molecule has 1 aliphatic carbocycles. The number of rotatable bonds is 7. The molecule has 7 heteroatoms. The van der Waals surface area contributed by atoms with Crippen molar-refractivity contribution in [2.75, 3.05) is 19.8 Å². The van der Waals surface area contributed by atoms with E-state index in [9.17, 15) is 8.42 Å². The Morgan fingerprint density at radius 1 is 1.44 bits per heavy atom. The summed E-state index contributed by atoms with van der Waals surface area (Å²) in [6.07, 6.45) is 4.62. The molecule has 1 fully saturated rings. The summed E-state index contributed by atoms with van der Waals surface area (Å²) < 4.78 is 30.9. The minimum atomic E-state index is -3.47. The number of thioether (sulfide) groups is 1. The molecule has 0 atom stereocenters. The van der Waals surface area contributed by atoms with E-state index >= 15 is 0 Å². The lowest BCUT2D eigenvalue weighted by atomic mass is 10.4. The average molecular weight is 290 g/mol. The smallest absolute Gasteiger partial charge is 0.273 e. The van der Waals surface area contributed by atoms with E-state index in [0.29, 0.717) is 17.1 Å². The van der Waals surface area contributed by atoms with Crippen molar-refractivity contribution in [2.45, 2.75) is 29.2 Å². The van der Waals surface area contributed by atoms with E-state index in [0.717, 1.165) is 6.54 Å². The van der Waals surface area contributed by atoms with Crippen LogP contribution < -0.4 is 10.0 Å². The van der Waals surface area contributed by atoms with Gasteiger partial charge in [0.25, 0.3) is 10.0 Å². The molecule has 2 N–H and O–H groups in total. The Labute approximate surface area is 112 Å². The third kappa shape index (κ3) is 3.09. The van der Waals surface area contributed by atoms with Gasteiger partial charge in [0, 0.05) is 11.3 Å². The second-order valence-corrected chi connectivity index (χ2v) is 7.51. The molecule has 0 radical (unpaired) electrons. The molecular weight excluding hydrogens is 272 g/mol.